The van der Waals surface area contributed by atoms with Gasteiger partial charge in [-0.2, -0.15) is 0 Å². The summed E-state index contributed by atoms with van der Waals surface area (Å²) in [7, 11) is 0. The first kappa shape index (κ1) is 18.4. The first-order valence-corrected chi connectivity index (χ1v) is 8.79. The quantitative estimate of drug-likeness (QED) is 0.680. The van der Waals surface area contributed by atoms with Crippen molar-refractivity contribution in [3.05, 3.63) is 94.5 Å². The van der Waals surface area contributed by atoms with E-state index in [4.69, 9.17) is 0 Å². The van der Waals surface area contributed by atoms with Gasteiger partial charge in [0.05, 0.1) is 0 Å². The normalized spacial score (nSPS) is 10.3. The summed E-state index contributed by atoms with van der Waals surface area (Å²) in [6, 6.07) is 20.0. The van der Waals surface area contributed by atoms with E-state index >= 15 is 0 Å². The van der Waals surface area contributed by atoms with Crippen molar-refractivity contribution in [2.45, 2.75) is 20.8 Å². The van der Waals surface area contributed by atoms with Gasteiger partial charge in [0, 0.05) is 22.5 Å². The van der Waals surface area contributed by atoms with E-state index in [1.807, 2.05) is 63.2 Å². The monoisotopic (exact) mass is 358 g/mol. The van der Waals surface area contributed by atoms with Crippen molar-refractivity contribution < 1.29 is 9.59 Å². The van der Waals surface area contributed by atoms with Crippen molar-refractivity contribution >= 4 is 23.2 Å². The molecule has 0 atom stereocenters. The van der Waals surface area contributed by atoms with E-state index in [-0.39, 0.29) is 11.8 Å². The van der Waals surface area contributed by atoms with Crippen LogP contribution in [-0.2, 0) is 0 Å². The minimum absolute atomic E-state index is 0.242. The second-order valence-corrected chi connectivity index (χ2v) is 6.60. The van der Waals surface area contributed by atoms with E-state index in [0.29, 0.717) is 11.1 Å². The van der Waals surface area contributed by atoms with Crippen LogP contribution in [0.25, 0.3) is 0 Å². The number of nitrogens with one attached hydrogen (secondary N) is 2. The Bertz CT molecular complexity index is 992. The first-order valence-electron chi connectivity index (χ1n) is 8.79. The van der Waals surface area contributed by atoms with Crippen LogP contribution in [0.4, 0.5) is 11.4 Å². The van der Waals surface area contributed by atoms with Gasteiger partial charge in [-0.15, -0.1) is 0 Å². The van der Waals surface area contributed by atoms with Crippen molar-refractivity contribution in [1.82, 2.24) is 0 Å². The molecule has 4 nitrogen and oxygen atoms in total. The molecule has 2 N–H and O–H groups in total. The standard InChI is InChI=1S/C23H22N2O2/c1-15-10-12-20(13-11-15)24-22(26)18-7-5-8-19(14-18)23(27)25-21-9-4-6-16(2)17(21)3/h4-14H,1-3H3,(H,24,26)(H,25,27). The molecule has 136 valence electrons. The average Bonchev–Trinajstić information content (AvgIpc) is 2.67. The Morgan fingerprint density at radius 2 is 1.30 bits per heavy atom. The molecule has 0 radical (unpaired) electrons. The van der Waals surface area contributed by atoms with Gasteiger partial charge < -0.3 is 10.6 Å². The molecule has 0 fully saturated rings. The largest absolute Gasteiger partial charge is 0.322 e. The van der Waals surface area contributed by atoms with Gasteiger partial charge in [-0.05, 0) is 68.3 Å². The maximum absolute atomic E-state index is 12.6. The number of amides is 2. The number of rotatable bonds is 4. The first-order chi connectivity index (χ1) is 12.9. The molecule has 0 unspecified atom stereocenters. The minimum atomic E-state index is -0.250. The molecule has 0 saturated carbocycles. The van der Waals surface area contributed by atoms with Gasteiger partial charge in [-0.1, -0.05) is 35.9 Å². The molecule has 27 heavy (non-hydrogen) atoms. The molecule has 0 aliphatic carbocycles. The molecule has 0 aliphatic heterocycles. The lowest BCUT2D eigenvalue weighted by Gasteiger charge is -2.11. The fourth-order valence-electron chi connectivity index (χ4n) is 2.72. The molecule has 4 heteroatoms. The maximum atomic E-state index is 12.6. The van der Waals surface area contributed by atoms with Crippen LogP contribution in [0.2, 0.25) is 0 Å². The number of hydrogen-bond donors (Lipinski definition) is 2. The topological polar surface area (TPSA) is 58.2 Å². The van der Waals surface area contributed by atoms with Crippen LogP contribution in [0.1, 0.15) is 37.4 Å². The van der Waals surface area contributed by atoms with Crippen LogP contribution in [0, 0.1) is 20.8 Å². The summed E-state index contributed by atoms with van der Waals surface area (Å²) >= 11 is 0. The maximum Gasteiger partial charge on any atom is 0.255 e. The summed E-state index contributed by atoms with van der Waals surface area (Å²) in [6.45, 7) is 5.96. The van der Waals surface area contributed by atoms with Crippen molar-refractivity contribution in [2.24, 2.45) is 0 Å². The highest BCUT2D eigenvalue weighted by molar-refractivity contribution is 6.08. The lowest BCUT2D eigenvalue weighted by molar-refractivity contribution is 0.102. The number of aryl methyl sites for hydroxylation is 2. The fourth-order valence-corrected chi connectivity index (χ4v) is 2.72. The fraction of sp³-hybridized carbons (Fsp3) is 0.130. The zero-order valence-corrected chi connectivity index (χ0v) is 15.7. The molecule has 0 spiro atoms. The van der Waals surface area contributed by atoms with Gasteiger partial charge in [0.15, 0.2) is 0 Å². The van der Waals surface area contributed by atoms with Gasteiger partial charge in [-0.3, -0.25) is 9.59 Å². The Labute approximate surface area is 159 Å². The lowest BCUT2D eigenvalue weighted by atomic mass is 10.1. The van der Waals surface area contributed by atoms with Gasteiger partial charge in [0.2, 0.25) is 0 Å². The molecule has 0 heterocycles. The van der Waals surface area contributed by atoms with Gasteiger partial charge in [-0.25, -0.2) is 0 Å². The highest BCUT2D eigenvalue weighted by Crippen LogP contribution is 2.19. The second kappa shape index (κ2) is 7.87. The summed E-state index contributed by atoms with van der Waals surface area (Å²) in [6.07, 6.45) is 0. The predicted octanol–water partition coefficient (Wildman–Crippen LogP) is 5.12. The number of hydrogen-bond acceptors (Lipinski definition) is 2. The highest BCUT2D eigenvalue weighted by atomic mass is 16.2. The van der Waals surface area contributed by atoms with Crippen LogP contribution in [0.5, 0.6) is 0 Å². The van der Waals surface area contributed by atoms with Crippen molar-refractivity contribution in [2.75, 3.05) is 10.6 Å². The van der Waals surface area contributed by atoms with Crippen LogP contribution in [0.15, 0.2) is 66.7 Å². The van der Waals surface area contributed by atoms with E-state index in [1.54, 1.807) is 24.3 Å². The summed E-state index contributed by atoms with van der Waals surface area (Å²) in [5.74, 6) is -0.492. The molecule has 0 saturated heterocycles. The Kier molecular flexibility index (Phi) is 5.36. The van der Waals surface area contributed by atoms with E-state index in [2.05, 4.69) is 10.6 Å². The molecule has 0 aromatic heterocycles. The van der Waals surface area contributed by atoms with Crippen LogP contribution in [-0.4, -0.2) is 11.8 Å². The SMILES string of the molecule is Cc1ccc(NC(=O)c2cccc(C(=O)Nc3cccc(C)c3C)c2)cc1. The van der Waals surface area contributed by atoms with Crippen molar-refractivity contribution in [3.8, 4) is 0 Å². The van der Waals surface area contributed by atoms with Crippen LogP contribution < -0.4 is 10.6 Å². The molecule has 3 aromatic rings. The number of carbonyl (C=O) groups excluding carboxylic acids is 2. The van der Waals surface area contributed by atoms with Crippen LogP contribution >= 0.6 is 0 Å². The minimum Gasteiger partial charge on any atom is -0.322 e. The van der Waals surface area contributed by atoms with E-state index in [0.717, 1.165) is 28.1 Å². The van der Waals surface area contributed by atoms with E-state index in [1.165, 1.54) is 0 Å². The predicted molar refractivity (Wildman–Crippen MR) is 109 cm³/mol. The Balaban J connectivity index is 1.76. The molecule has 3 rings (SSSR count). The highest BCUT2D eigenvalue weighted by Gasteiger charge is 2.12. The molecular weight excluding hydrogens is 336 g/mol. The molecule has 0 bridgehead atoms. The lowest BCUT2D eigenvalue weighted by Crippen LogP contribution is -2.16. The zero-order chi connectivity index (χ0) is 19.4. The number of anilines is 2. The Morgan fingerprint density at radius 3 is 1.96 bits per heavy atom. The van der Waals surface area contributed by atoms with Crippen molar-refractivity contribution in [1.29, 1.82) is 0 Å². The zero-order valence-electron chi connectivity index (χ0n) is 15.7. The number of benzene rings is 3. The molecular formula is C23H22N2O2. The Hall–Kier alpha value is -3.40. The smallest absolute Gasteiger partial charge is 0.255 e. The molecule has 2 amide bonds. The summed E-state index contributed by atoms with van der Waals surface area (Å²) in [4.78, 5) is 25.1. The molecule has 3 aromatic carbocycles. The van der Waals surface area contributed by atoms with Gasteiger partial charge in [0.25, 0.3) is 11.8 Å². The van der Waals surface area contributed by atoms with Crippen molar-refractivity contribution in [3.63, 3.8) is 0 Å². The molecule has 0 aliphatic rings. The summed E-state index contributed by atoms with van der Waals surface area (Å²) in [5.41, 5.74) is 5.62. The third kappa shape index (κ3) is 4.42. The van der Waals surface area contributed by atoms with E-state index < -0.39 is 0 Å². The second-order valence-electron chi connectivity index (χ2n) is 6.60. The van der Waals surface area contributed by atoms with Crippen LogP contribution in [0.3, 0.4) is 0 Å². The Morgan fingerprint density at radius 1 is 0.704 bits per heavy atom. The third-order valence-electron chi connectivity index (χ3n) is 4.55. The average molecular weight is 358 g/mol. The van der Waals surface area contributed by atoms with Gasteiger partial charge in [0.1, 0.15) is 0 Å². The number of carbonyl (C=O) groups is 2. The van der Waals surface area contributed by atoms with E-state index in [9.17, 15) is 9.59 Å². The summed E-state index contributed by atoms with van der Waals surface area (Å²) < 4.78 is 0. The third-order valence-corrected chi connectivity index (χ3v) is 4.55. The van der Waals surface area contributed by atoms with Gasteiger partial charge >= 0.3 is 0 Å². The summed E-state index contributed by atoms with van der Waals surface area (Å²) in [5, 5.41) is 5.77.